The predicted molar refractivity (Wildman–Crippen MR) is 120 cm³/mol. The average molecular weight is 442 g/mol. The summed E-state index contributed by atoms with van der Waals surface area (Å²) in [7, 11) is 0. The Balaban J connectivity index is 1.53. The SMILES string of the molecule is [CH2]Cc1c(C)[nH]c(NC(=O)NCCCCCCNC(=O)Oc2ccc(C=O)cc2)nc1=O. The van der Waals surface area contributed by atoms with Crippen LogP contribution < -0.4 is 26.2 Å². The quantitative estimate of drug-likeness (QED) is 0.311. The van der Waals surface area contributed by atoms with Crippen molar-refractivity contribution in [1.29, 1.82) is 0 Å². The second-order valence-electron chi connectivity index (χ2n) is 7.04. The summed E-state index contributed by atoms with van der Waals surface area (Å²) in [6, 6.07) is 5.81. The number of rotatable bonds is 11. The van der Waals surface area contributed by atoms with Gasteiger partial charge in [-0.1, -0.05) is 12.8 Å². The smallest absolute Gasteiger partial charge is 0.410 e. The molecule has 0 atom stereocenters. The number of aldehydes is 1. The maximum Gasteiger partial charge on any atom is 0.412 e. The fourth-order valence-corrected chi connectivity index (χ4v) is 2.87. The number of nitrogens with one attached hydrogen (secondary N) is 4. The number of amides is 3. The number of aromatic amines is 1. The van der Waals surface area contributed by atoms with Crippen LogP contribution in [0.2, 0.25) is 0 Å². The Labute approximate surface area is 186 Å². The van der Waals surface area contributed by atoms with Gasteiger partial charge in [-0.05, 0) is 57.4 Å². The Bertz CT molecular complexity index is 972. The number of hydrogen-bond acceptors (Lipinski definition) is 6. The largest absolute Gasteiger partial charge is 0.412 e. The highest BCUT2D eigenvalue weighted by Gasteiger charge is 2.08. The van der Waals surface area contributed by atoms with Crippen molar-refractivity contribution in [3.8, 4) is 5.75 Å². The maximum atomic E-state index is 11.9. The van der Waals surface area contributed by atoms with Gasteiger partial charge in [0.1, 0.15) is 12.0 Å². The molecule has 1 aromatic heterocycles. The molecule has 0 unspecified atom stereocenters. The fraction of sp³-hybridized carbons (Fsp3) is 0.364. The van der Waals surface area contributed by atoms with Gasteiger partial charge in [0.15, 0.2) is 0 Å². The van der Waals surface area contributed by atoms with E-state index < -0.39 is 17.7 Å². The summed E-state index contributed by atoms with van der Waals surface area (Å²) in [5.41, 5.74) is 1.23. The molecule has 1 heterocycles. The van der Waals surface area contributed by atoms with Gasteiger partial charge in [-0.15, -0.1) is 0 Å². The zero-order valence-electron chi connectivity index (χ0n) is 18.0. The van der Waals surface area contributed by atoms with Crippen molar-refractivity contribution in [2.75, 3.05) is 18.4 Å². The maximum absolute atomic E-state index is 11.9. The lowest BCUT2D eigenvalue weighted by atomic mass is 10.2. The number of H-pyrrole nitrogens is 1. The number of hydrogen-bond donors (Lipinski definition) is 4. The molecule has 0 fully saturated rings. The molecule has 3 amide bonds. The zero-order chi connectivity index (χ0) is 23.3. The summed E-state index contributed by atoms with van der Waals surface area (Å²) < 4.78 is 5.11. The molecule has 171 valence electrons. The number of urea groups is 1. The van der Waals surface area contributed by atoms with Gasteiger partial charge >= 0.3 is 12.1 Å². The topological polar surface area (TPSA) is 142 Å². The van der Waals surface area contributed by atoms with Gasteiger partial charge in [0.2, 0.25) is 5.95 Å². The third-order valence-electron chi connectivity index (χ3n) is 4.60. The number of aryl methyl sites for hydroxylation is 1. The zero-order valence-corrected chi connectivity index (χ0v) is 18.0. The first-order valence-corrected chi connectivity index (χ1v) is 10.4. The number of nitrogens with zero attached hydrogens (tertiary/aromatic N) is 1. The van der Waals surface area contributed by atoms with Crippen LogP contribution in [-0.2, 0) is 6.42 Å². The van der Waals surface area contributed by atoms with Crippen LogP contribution in [0.15, 0.2) is 29.1 Å². The first-order valence-electron chi connectivity index (χ1n) is 10.4. The van der Waals surface area contributed by atoms with E-state index in [-0.39, 0.29) is 5.95 Å². The van der Waals surface area contributed by atoms with Gasteiger partial charge in [-0.25, -0.2) is 9.59 Å². The summed E-state index contributed by atoms with van der Waals surface area (Å²) in [6.07, 6.45) is 3.78. The van der Waals surface area contributed by atoms with Crippen LogP contribution in [0.4, 0.5) is 15.5 Å². The van der Waals surface area contributed by atoms with Crippen LogP contribution in [0.5, 0.6) is 5.75 Å². The highest BCUT2D eigenvalue weighted by molar-refractivity contribution is 5.87. The minimum absolute atomic E-state index is 0.0971. The van der Waals surface area contributed by atoms with Crippen molar-refractivity contribution in [3.63, 3.8) is 0 Å². The van der Waals surface area contributed by atoms with E-state index in [0.717, 1.165) is 32.0 Å². The number of aromatic nitrogens is 2. The third-order valence-corrected chi connectivity index (χ3v) is 4.60. The monoisotopic (exact) mass is 442 g/mol. The lowest BCUT2D eigenvalue weighted by Crippen LogP contribution is -2.31. The molecule has 0 aliphatic heterocycles. The van der Waals surface area contributed by atoms with Gasteiger partial charge in [-0.2, -0.15) is 4.98 Å². The lowest BCUT2D eigenvalue weighted by Gasteiger charge is -2.09. The summed E-state index contributed by atoms with van der Waals surface area (Å²) in [5.74, 6) is 0.463. The van der Waals surface area contributed by atoms with Crippen molar-refractivity contribution >= 4 is 24.4 Å². The Kier molecular flexibility index (Phi) is 9.89. The summed E-state index contributed by atoms with van der Waals surface area (Å²) in [5, 5.41) is 7.88. The second kappa shape index (κ2) is 12.9. The molecule has 0 aliphatic carbocycles. The number of benzene rings is 1. The molecule has 32 heavy (non-hydrogen) atoms. The Morgan fingerprint density at radius 2 is 1.75 bits per heavy atom. The molecule has 0 aliphatic rings. The van der Waals surface area contributed by atoms with E-state index in [1.165, 1.54) is 0 Å². The molecular weight excluding hydrogens is 414 g/mol. The van der Waals surface area contributed by atoms with Crippen molar-refractivity contribution < 1.29 is 19.1 Å². The van der Waals surface area contributed by atoms with E-state index in [2.05, 4.69) is 32.8 Å². The number of unbranched alkanes of at least 4 members (excludes halogenated alkanes) is 3. The normalized spacial score (nSPS) is 10.3. The number of anilines is 1. The Morgan fingerprint density at radius 1 is 1.09 bits per heavy atom. The molecule has 0 bridgehead atoms. The van der Waals surface area contributed by atoms with Crippen LogP contribution in [0.3, 0.4) is 0 Å². The molecule has 10 heteroatoms. The number of ether oxygens (including phenoxy) is 1. The average Bonchev–Trinajstić information content (AvgIpc) is 2.76. The third kappa shape index (κ3) is 8.21. The van der Waals surface area contributed by atoms with E-state index in [1.54, 1.807) is 31.2 Å². The van der Waals surface area contributed by atoms with Crippen LogP contribution >= 0.6 is 0 Å². The molecule has 4 N–H and O–H groups in total. The molecular formula is C22H28N5O5. The molecule has 1 radical (unpaired) electrons. The Morgan fingerprint density at radius 3 is 2.34 bits per heavy atom. The summed E-state index contributed by atoms with van der Waals surface area (Å²) in [6.45, 7) is 6.35. The molecule has 0 saturated heterocycles. The highest BCUT2D eigenvalue weighted by Crippen LogP contribution is 2.11. The predicted octanol–water partition coefficient (Wildman–Crippen LogP) is 2.74. The minimum Gasteiger partial charge on any atom is -0.410 e. The minimum atomic E-state index is -0.549. The molecule has 1 aromatic carbocycles. The first kappa shape index (κ1) is 24.6. The van der Waals surface area contributed by atoms with Gasteiger partial charge in [0, 0.05) is 29.9 Å². The van der Waals surface area contributed by atoms with Gasteiger partial charge in [0.05, 0.1) is 0 Å². The van der Waals surface area contributed by atoms with Gasteiger partial charge < -0.3 is 20.4 Å². The van der Waals surface area contributed by atoms with Crippen LogP contribution in [0.1, 0.15) is 47.3 Å². The molecule has 2 aromatic rings. The van der Waals surface area contributed by atoms with E-state index in [0.29, 0.717) is 42.1 Å². The summed E-state index contributed by atoms with van der Waals surface area (Å²) >= 11 is 0. The van der Waals surface area contributed by atoms with E-state index in [1.807, 2.05) is 0 Å². The standard InChI is InChI=1S/C22H28N5O5/c1-3-18-15(2)25-20(26-19(18)29)27-21(30)23-12-6-4-5-7-13-24-22(31)32-17-10-8-16(14-28)9-11-17/h8-11,14H,1,3-7,12-13H2,2H3,(H,24,31)(H3,23,25,26,27,29,30). The van der Waals surface area contributed by atoms with Gasteiger partial charge in [0.25, 0.3) is 5.56 Å². The van der Waals surface area contributed by atoms with Crippen molar-refractivity contribution in [2.24, 2.45) is 0 Å². The van der Waals surface area contributed by atoms with Crippen molar-refractivity contribution in [1.82, 2.24) is 20.6 Å². The molecule has 0 saturated carbocycles. The number of carbonyl (C=O) groups is 3. The molecule has 10 nitrogen and oxygen atoms in total. The van der Waals surface area contributed by atoms with E-state index in [4.69, 9.17) is 4.74 Å². The first-order chi connectivity index (χ1) is 15.4. The number of carbonyl (C=O) groups excluding carboxylic acids is 3. The highest BCUT2D eigenvalue weighted by atomic mass is 16.6. The van der Waals surface area contributed by atoms with E-state index >= 15 is 0 Å². The van der Waals surface area contributed by atoms with Crippen molar-refractivity contribution in [2.45, 2.75) is 39.0 Å². The lowest BCUT2D eigenvalue weighted by molar-refractivity contribution is 0.112. The fourth-order valence-electron chi connectivity index (χ4n) is 2.87. The summed E-state index contributed by atoms with van der Waals surface area (Å²) in [4.78, 5) is 52.7. The Hall–Kier alpha value is -3.69. The van der Waals surface area contributed by atoms with Crippen LogP contribution in [0.25, 0.3) is 0 Å². The second-order valence-corrected chi connectivity index (χ2v) is 7.04. The van der Waals surface area contributed by atoms with E-state index in [9.17, 15) is 19.2 Å². The van der Waals surface area contributed by atoms with Crippen LogP contribution in [-0.4, -0.2) is 41.5 Å². The molecule has 2 rings (SSSR count). The molecule has 0 spiro atoms. The van der Waals surface area contributed by atoms with Gasteiger partial charge in [-0.3, -0.25) is 14.9 Å². The van der Waals surface area contributed by atoms with Crippen LogP contribution in [0, 0.1) is 13.8 Å². The van der Waals surface area contributed by atoms with Crippen molar-refractivity contribution in [3.05, 3.63) is 58.4 Å².